The van der Waals surface area contributed by atoms with E-state index in [4.69, 9.17) is 0 Å². The fourth-order valence-electron chi connectivity index (χ4n) is 4.34. The molecule has 31 heavy (non-hydrogen) atoms. The largest absolute Gasteiger partial charge is 0.0622 e. The molecule has 5 aromatic carbocycles. The SMILES string of the molecule is CC(C)c1ccc(-c2c(-c3ccccc3)ccc3cc(-c4ccccc4)ccc23)cc1. The van der Waals surface area contributed by atoms with Crippen molar-refractivity contribution >= 4 is 10.8 Å². The fraction of sp³-hybridized carbons (Fsp3) is 0.0968. The van der Waals surface area contributed by atoms with Gasteiger partial charge in [-0.2, -0.15) is 0 Å². The molecule has 0 bridgehead atoms. The van der Waals surface area contributed by atoms with Gasteiger partial charge in [0.1, 0.15) is 0 Å². The molecule has 0 aliphatic rings. The predicted molar refractivity (Wildman–Crippen MR) is 134 cm³/mol. The maximum absolute atomic E-state index is 2.31. The first kappa shape index (κ1) is 19.3. The van der Waals surface area contributed by atoms with Crippen LogP contribution in [0.15, 0.2) is 115 Å². The van der Waals surface area contributed by atoms with E-state index >= 15 is 0 Å². The fourth-order valence-corrected chi connectivity index (χ4v) is 4.34. The van der Waals surface area contributed by atoms with Gasteiger partial charge in [0.2, 0.25) is 0 Å². The summed E-state index contributed by atoms with van der Waals surface area (Å²) in [5.41, 5.74) is 8.97. The molecule has 0 heterocycles. The first-order chi connectivity index (χ1) is 15.2. The second-order valence-electron chi connectivity index (χ2n) is 8.43. The van der Waals surface area contributed by atoms with Gasteiger partial charge in [-0.15, -0.1) is 0 Å². The van der Waals surface area contributed by atoms with Crippen LogP contribution in [0.25, 0.3) is 44.2 Å². The summed E-state index contributed by atoms with van der Waals surface area (Å²) in [4.78, 5) is 0. The van der Waals surface area contributed by atoms with Gasteiger partial charge in [-0.3, -0.25) is 0 Å². The third kappa shape index (κ3) is 3.78. The van der Waals surface area contributed by atoms with Crippen molar-refractivity contribution in [2.45, 2.75) is 19.8 Å². The zero-order valence-corrected chi connectivity index (χ0v) is 18.0. The van der Waals surface area contributed by atoms with Gasteiger partial charge in [0.05, 0.1) is 0 Å². The maximum atomic E-state index is 2.31. The van der Waals surface area contributed by atoms with Crippen LogP contribution < -0.4 is 0 Å². The van der Waals surface area contributed by atoms with Gasteiger partial charge in [0, 0.05) is 0 Å². The van der Waals surface area contributed by atoms with Crippen LogP contribution in [0, 0.1) is 0 Å². The van der Waals surface area contributed by atoms with Gasteiger partial charge in [0.25, 0.3) is 0 Å². The van der Waals surface area contributed by atoms with Gasteiger partial charge in [-0.05, 0) is 61.7 Å². The maximum Gasteiger partial charge on any atom is -0.00268 e. The summed E-state index contributed by atoms with van der Waals surface area (Å²) in [6, 6.07) is 41.8. The van der Waals surface area contributed by atoms with Gasteiger partial charge < -0.3 is 0 Å². The van der Waals surface area contributed by atoms with Crippen LogP contribution in [0.3, 0.4) is 0 Å². The van der Waals surface area contributed by atoms with E-state index in [-0.39, 0.29) is 0 Å². The summed E-state index contributed by atoms with van der Waals surface area (Å²) >= 11 is 0. The first-order valence-electron chi connectivity index (χ1n) is 11.0. The van der Waals surface area contributed by atoms with Crippen LogP contribution in [0.5, 0.6) is 0 Å². The molecule has 0 aliphatic carbocycles. The van der Waals surface area contributed by atoms with Crippen LogP contribution in [-0.4, -0.2) is 0 Å². The molecule has 0 spiro atoms. The average molecular weight is 399 g/mol. The summed E-state index contributed by atoms with van der Waals surface area (Å²) in [5, 5.41) is 2.56. The molecule has 0 saturated heterocycles. The van der Waals surface area contributed by atoms with Gasteiger partial charge >= 0.3 is 0 Å². The molecule has 5 aromatic rings. The van der Waals surface area contributed by atoms with E-state index in [2.05, 4.69) is 129 Å². The summed E-state index contributed by atoms with van der Waals surface area (Å²) in [5.74, 6) is 0.531. The highest BCUT2D eigenvalue weighted by molar-refractivity contribution is 6.05. The molecular weight excluding hydrogens is 372 g/mol. The number of hydrogen-bond acceptors (Lipinski definition) is 0. The Bertz CT molecular complexity index is 1310. The van der Waals surface area contributed by atoms with E-state index in [9.17, 15) is 0 Å². The van der Waals surface area contributed by atoms with Crippen molar-refractivity contribution in [2.24, 2.45) is 0 Å². The van der Waals surface area contributed by atoms with Crippen LogP contribution in [0.1, 0.15) is 25.3 Å². The second kappa shape index (κ2) is 8.24. The number of rotatable bonds is 4. The monoisotopic (exact) mass is 398 g/mol. The molecule has 0 atom stereocenters. The smallest absolute Gasteiger partial charge is 0.00268 e. The van der Waals surface area contributed by atoms with E-state index in [1.54, 1.807) is 0 Å². The molecule has 0 aromatic heterocycles. The lowest BCUT2D eigenvalue weighted by Crippen LogP contribution is -1.91. The van der Waals surface area contributed by atoms with Gasteiger partial charge in [0.15, 0.2) is 0 Å². The first-order valence-corrected chi connectivity index (χ1v) is 11.0. The zero-order chi connectivity index (χ0) is 21.2. The Morgan fingerprint density at radius 3 is 1.74 bits per heavy atom. The standard InChI is InChI=1S/C31H26/c1-22(2)23-13-15-26(16-14-23)31-29(25-11-7-4-8-12-25)20-18-28-21-27(17-19-30(28)31)24-9-5-3-6-10-24/h3-22H,1-2H3. The van der Waals surface area contributed by atoms with Crippen molar-refractivity contribution in [3.8, 4) is 33.4 Å². The Hall–Kier alpha value is -3.64. The molecule has 0 aliphatic heterocycles. The summed E-state index contributed by atoms with van der Waals surface area (Å²) in [6.45, 7) is 4.49. The lowest BCUT2D eigenvalue weighted by atomic mass is 9.88. The lowest BCUT2D eigenvalue weighted by Gasteiger charge is -2.16. The van der Waals surface area contributed by atoms with E-state index in [0.29, 0.717) is 5.92 Å². The quantitative estimate of drug-likeness (QED) is 0.283. The molecule has 0 unspecified atom stereocenters. The van der Waals surface area contributed by atoms with Crippen LogP contribution in [0.2, 0.25) is 0 Å². The highest BCUT2D eigenvalue weighted by atomic mass is 14.2. The second-order valence-corrected chi connectivity index (χ2v) is 8.43. The minimum Gasteiger partial charge on any atom is -0.0622 e. The highest BCUT2D eigenvalue weighted by Crippen LogP contribution is 2.39. The van der Waals surface area contributed by atoms with Crippen molar-refractivity contribution in [1.29, 1.82) is 0 Å². The van der Waals surface area contributed by atoms with E-state index in [1.807, 2.05) is 0 Å². The van der Waals surface area contributed by atoms with Crippen LogP contribution in [-0.2, 0) is 0 Å². The molecule has 0 N–H and O–H groups in total. The third-order valence-corrected chi connectivity index (χ3v) is 6.08. The summed E-state index contributed by atoms with van der Waals surface area (Å²) in [6.07, 6.45) is 0. The molecule has 5 rings (SSSR count). The van der Waals surface area contributed by atoms with Crippen molar-refractivity contribution in [3.05, 3.63) is 121 Å². The molecule has 0 amide bonds. The Morgan fingerprint density at radius 1 is 0.484 bits per heavy atom. The average Bonchev–Trinajstić information content (AvgIpc) is 2.84. The molecular formula is C31H26. The normalized spacial score (nSPS) is 11.2. The minimum atomic E-state index is 0.531. The molecule has 0 heteroatoms. The van der Waals surface area contributed by atoms with Crippen molar-refractivity contribution in [1.82, 2.24) is 0 Å². The highest BCUT2D eigenvalue weighted by Gasteiger charge is 2.13. The van der Waals surface area contributed by atoms with Crippen LogP contribution >= 0.6 is 0 Å². The van der Waals surface area contributed by atoms with Gasteiger partial charge in [-0.1, -0.05) is 123 Å². The van der Waals surface area contributed by atoms with E-state index in [0.717, 1.165) is 0 Å². The molecule has 0 fully saturated rings. The number of benzene rings is 5. The van der Waals surface area contributed by atoms with Gasteiger partial charge in [-0.25, -0.2) is 0 Å². The van der Waals surface area contributed by atoms with Crippen molar-refractivity contribution in [2.75, 3.05) is 0 Å². The van der Waals surface area contributed by atoms with E-state index in [1.165, 1.54) is 49.7 Å². The number of hydrogen-bond donors (Lipinski definition) is 0. The topological polar surface area (TPSA) is 0 Å². The molecule has 0 radical (unpaired) electrons. The summed E-state index contributed by atoms with van der Waals surface area (Å²) < 4.78 is 0. The van der Waals surface area contributed by atoms with Crippen molar-refractivity contribution < 1.29 is 0 Å². The Balaban J connectivity index is 1.74. The number of fused-ring (bicyclic) bond motifs is 1. The molecule has 0 saturated carbocycles. The Kier molecular flexibility index (Phi) is 5.14. The zero-order valence-electron chi connectivity index (χ0n) is 18.0. The Labute approximate surface area is 184 Å². The predicted octanol–water partition coefficient (Wildman–Crippen LogP) is 8.96. The molecule has 150 valence electrons. The van der Waals surface area contributed by atoms with Crippen molar-refractivity contribution in [3.63, 3.8) is 0 Å². The lowest BCUT2D eigenvalue weighted by molar-refractivity contribution is 0.867. The van der Waals surface area contributed by atoms with E-state index < -0.39 is 0 Å². The third-order valence-electron chi connectivity index (χ3n) is 6.08. The minimum absolute atomic E-state index is 0.531. The van der Waals surface area contributed by atoms with Crippen LogP contribution in [0.4, 0.5) is 0 Å². The summed E-state index contributed by atoms with van der Waals surface area (Å²) in [7, 11) is 0. The molecule has 0 nitrogen and oxygen atoms in total. The Morgan fingerprint density at radius 2 is 1.10 bits per heavy atom.